The number of aliphatic carboxylic acids is 2. The molecule has 0 heterocycles. The van der Waals surface area contributed by atoms with Crippen molar-refractivity contribution in [2.24, 2.45) is 10.8 Å². The molecule has 0 aromatic rings. The smallest absolute Gasteiger partial charge is 0.321 e. The van der Waals surface area contributed by atoms with E-state index in [4.69, 9.17) is 0 Å². The fraction of sp³-hybridized carbons (Fsp3) is 0.875. The average molecular weight is 284 g/mol. The number of hydrogen-bond acceptors (Lipinski definition) is 2. The van der Waals surface area contributed by atoms with E-state index in [0.29, 0.717) is 6.42 Å². The van der Waals surface area contributed by atoms with Crippen molar-refractivity contribution in [2.75, 3.05) is 0 Å². The second kappa shape index (κ2) is 7.09. The lowest BCUT2D eigenvalue weighted by molar-refractivity contribution is -0.183. The Labute approximate surface area is 121 Å². The lowest BCUT2D eigenvalue weighted by atomic mass is 9.52. The summed E-state index contributed by atoms with van der Waals surface area (Å²) in [7, 11) is 0. The molecule has 4 heteroatoms. The molecule has 0 amide bonds. The van der Waals surface area contributed by atoms with Crippen LogP contribution in [0.1, 0.15) is 78.1 Å². The van der Waals surface area contributed by atoms with Gasteiger partial charge in [-0.05, 0) is 31.1 Å². The summed E-state index contributed by atoms with van der Waals surface area (Å²) in [6.07, 6.45) is 7.90. The third-order valence-electron chi connectivity index (χ3n) is 5.11. The van der Waals surface area contributed by atoms with Crippen LogP contribution in [0.15, 0.2) is 0 Å². The van der Waals surface area contributed by atoms with Gasteiger partial charge in [-0.25, -0.2) is 0 Å². The molecule has 0 atom stereocenters. The molecule has 0 aromatic carbocycles. The third-order valence-corrected chi connectivity index (χ3v) is 5.11. The van der Waals surface area contributed by atoms with Crippen molar-refractivity contribution in [1.82, 2.24) is 0 Å². The van der Waals surface area contributed by atoms with Gasteiger partial charge in [0.05, 0.1) is 0 Å². The summed E-state index contributed by atoms with van der Waals surface area (Å²) in [5, 5.41) is 19.4. The first-order valence-corrected chi connectivity index (χ1v) is 7.93. The molecule has 1 aliphatic carbocycles. The Balaban J connectivity index is 3.23. The maximum Gasteiger partial charge on any atom is 0.321 e. The van der Waals surface area contributed by atoms with Crippen LogP contribution >= 0.6 is 0 Å². The summed E-state index contributed by atoms with van der Waals surface area (Å²) in [5.74, 6) is -2.26. The minimum atomic E-state index is -1.57. The van der Waals surface area contributed by atoms with Crippen molar-refractivity contribution in [3.05, 3.63) is 0 Å². The van der Waals surface area contributed by atoms with Gasteiger partial charge in [0.25, 0.3) is 0 Å². The van der Waals surface area contributed by atoms with E-state index in [1.807, 2.05) is 0 Å². The lowest BCUT2D eigenvalue weighted by Gasteiger charge is -2.49. The van der Waals surface area contributed by atoms with Crippen molar-refractivity contribution < 1.29 is 19.8 Å². The minimum Gasteiger partial charge on any atom is -0.480 e. The third kappa shape index (κ3) is 2.84. The molecule has 0 aliphatic heterocycles. The number of carbonyl (C=O) groups is 2. The predicted molar refractivity (Wildman–Crippen MR) is 77.7 cm³/mol. The van der Waals surface area contributed by atoms with E-state index in [2.05, 4.69) is 13.8 Å². The highest BCUT2D eigenvalue weighted by Crippen LogP contribution is 2.57. The molecule has 1 aliphatic rings. The SMILES string of the molecule is CCCCC1(CCCC)CCCCC1(C(=O)O)C(=O)O. The van der Waals surface area contributed by atoms with Crippen molar-refractivity contribution >= 4 is 11.9 Å². The van der Waals surface area contributed by atoms with Gasteiger partial charge in [0, 0.05) is 0 Å². The molecular weight excluding hydrogens is 256 g/mol. The molecule has 0 radical (unpaired) electrons. The molecule has 0 bridgehead atoms. The van der Waals surface area contributed by atoms with Gasteiger partial charge in [-0.2, -0.15) is 0 Å². The van der Waals surface area contributed by atoms with Crippen LogP contribution in [0.3, 0.4) is 0 Å². The fourth-order valence-electron chi connectivity index (χ4n) is 3.92. The van der Waals surface area contributed by atoms with E-state index in [9.17, 15) is 19.8 Å². The lowest BCUT2D eigenvalue weighted by Crippen LogP contribution is -2.55. The van der Waals surface area contributed by atoms with Crippen molar-refractivity contribution in [3.8, 4) is 0 Å². The molecule has 0 aromatic heterocycles. The standard InChI is InChI=1S/C16H28O4/c1-3-5-9-15(10-6-4-2)11-7-8-12-16(15,13(17)18)14(19)20/h3-12H2,1-2H3,(H,17,18)(H,19,20). The Bertz CT molecular complexity index is 326. The number of unbranched alkanes of at least 4 members (excludes halogenated alkanes) is 2. The zero-order chi connectivity index (χ0) is 15.2. The van der Waals surface area contributed by atoms with E-state index < -0.39 is 22.8 Å². The normalized spacial score (nSPS) is 20.5. The molecular formula is C16H28O4. The van der Waals surface area contributed by atoms with Crippen LogP contribution in [0.4, 0.5) is 0 Å². The number of carboxylic acids is 2. The highest BCUT2D eigenvalue weighted by molar-refractivity contribution is 5.99. The second-order valence-corrected chi connectivity index (χ2v) is 6.21. The molecule has 20 heavy (non-hydrogen) atoms. The van der Waals surface area contributed by atoms with Gasteiger partial charge in [0.15, 0.2) is 5.41 Å². The molecule has 0 unspecified atom stereocenters. The summed E-state index contributed by atoms with van der Waals surface area (Å²) in [4.78, 5) is 23.8. The zero-order valence-corrected chi connectivity index (χ0v) is 12.8. The molecule has 1 saturated carbocycles. The zero-order valence-electron chi connectivity index (χ0n) is 12.8. The Kier molecular flexibility index (Phi) is 6.03. The largest absolute Gasteiger partial charge is 0.480 e. The quantitative estimate of drug-likeness (QED) is 0.658. The molecule has 1 rings (SSSR count). The minimum absolute atomic E-state index is 0.283. The maximum absolute atomic E-state index is 11.9. The van der Waals surface area contributed by atoms with Crippen LogP contribution in [0.5, 0.6) is 0 Å². The van der Waals surface area contributed by atoms with E-state index in [0.717, 1.165) is 51.4 Å². The predicted octanol–water partition coefficient (Wildman–Crippen LogP) is 4.08. The summed E-state index contributed by atoms with van der Waals surface area (Å²) in [6.45, 7) is 4.14. The van der Waals surface area contributed by atoms with Gasteiger partial charge in [0.1, 0.15) is 0 Å². The van der Waals surface area contributed by atoms with Crippen molar-refractivity contribution in [2.45, 2.75) is 78.1 Å². The summed E-state index contributed by atoms with van der Waals surface area (Å²) in [6, 6.07) is 0. The fourth-order valence-corrected chi connectivity index (χ4v) is 3.92. The van der Waals surface area contributed by atoms with E-state index in [1.54, 1.807) is 0 Å². The summed E-state index contributed by atoms with van der Waals surface area (Å²) in [5.41, 5.74) is -2.13. The van der Waals surface area contributed by atoms with Gasteiger partial charge in [-0.15, -0.1) is 0 Å². The van der Waals surface area contributed by atoms with Crippen LogP contribution < -0.4 is 0 Å². The van der Waals surface area contributed by atoms with Gasteiger partial charge < -0.3 is 10.2 Å². The number of rotatable bonds is 8. The number of carboxylic acid groups (broad SMARTS) is 2. The van der Waals surface area contributed by atoms with E-state index in [1.165, 1.54) is 0 Å². The average Bonchev–Trinajstić information content (AvgIpc) is 2.42. The van der Waals surface area contributed by atoms with Gasteiger partial charge in [-0.1, -0.05) is 52.4 Å². The molecule has 0 saturated heterocycles. The highest BCUT2D eigenvalue weighted by atomic mass is 16.4. The van der Waals surface area contributed by atoms with Crippen LogP contribution in [0.25, 0.3) is 0 Å². The topological polar surface area (TPSA) is 74.6 Å². The van der Waals surface area contributed by atoms with Gasteiger partial charge in [0.2, 0.25) is 0 Å². The van der Waals surface area contributed by atoms with Gasteiger partial charge in [-0.3, -0.25) is 9.59 Å². The Hall–Kier alpha value is -1.06. The molecule has 116 valence electrons. The summed E-state index contributed by atoms with van der Waals surface area (Å²) >= 11 is 0. The monoisotopic (exact) mass is 284 g/mol. The summed E-state index contributed by atoms with van der Waals surface area (Å²) < 4.78 is 0. The highest BCUT2D eigenvalue weighted by Gasteiger charge is 2.61. The van der Waals surface area contributed by atoms with Crippen LogP contribution in [0, 0.1) is 10.8 Å². The van der Waals surface area contributed by atoms with Crippen LogP contribution in [-0.2, 0) is 9.59 Å². The molecule has 4 nitrogen and oxygen atoms in total. The first-order valence-electron chi connectivity index (χ1n) is 7.93. The molecule has 0 spiro atoms. The van der Waals surface area contributed by atoms with Crippen LogP contribution in [0.2, 0.25) is 0 Å². The molecule has 1 fully saturated rings. The Morgan fingerprint density at radius 1 is 0.900 bits per heavy atom. The Morgan fingerprint density at radius 3 is 1.75 bits per heavy atom. The molecule has 2 N–H and O–H groups in total. The number of hydrogen-bond donors (Lipinski definition) is 2. The first-order chi connectivity index (χ1) is 9.47. The van der Waals surface area contributed by atoms with Gasteiger partial charge >= 0.3 is 11.9 Å². The van der Waals surface area contributed by atoms with E-state index >= 15 is 0 Å². The first kappa shape index (κ1) is 17.0. The van der Waals surface area contributed by atoms with Crippen molar-refractivity contribution in [3.63, 3.8) is 0 Å². The van der Waals surface area contributed by atoms with Crippen molar-refractivity contribution in [1.29, 1.82) is 0 Å². The Morgan fingerprint density at radius 2 is 1.35 bits per heavy atom. The maximum atomic E-state index is 11.9. The second-order valence-electron chi connectivity index (χ2n) is 6.21. The van der Waals surface area contributed by atoms with E-state index in [-0.39, 0.29) is 6.42 Å². The van der Waals surface area contributed by atoms with Crippen LogP contribution in [-0.4, -0.2) is 22.2 Å².